The minimum atomic E-state index is -4.41. The summed E-state index contributed by atoms with van der Waals surface area (Å²) in [6, 6.07) is 9.43. The molecule has 80 valence electrons. The normalized spacial score (nSPS) is 11.1. The summed E-state index contributed by atoms with van der Waals surface area (Å²) in [4.78, 5) is -0.444. The van der Waals surface area contributed by atoms with Crippen LogP contribution < -0.4 is 29.6 Å². The van der Waals surface area contributed by atoms with E-state index < -0.39 is 20.8 Å². The quantitative estimate of drug-likeness (QED) is 0.496. The standard InChI is InChI=1S/C10H8O4S.Na.H/c11-9-6-5-7-3-1-2-4-8(7)10(9)15(12,13)14;;/h1-6,11H,(H,12,13,14);;/q;+1;-1. The molecule has 0 spiro atoms. The zero-order valence-electron chi connectivity index (χ0n) is 9.58. The second kappa shape index (κ2) is 4.73. The summed E-state index contributed by atoms with van der Waals surface area (Å²) in [5.74, 6) is -0.448. The van der Waals surface area contributed by atoms with Crippen molar-refractivity contribution < 1.29 is 49.1 Å². The van der Waals surface area contributed by atoms with E-state index in [0.29, 0.717) is 10.8 Å². The van der Waals surface area contributed by atoms with Crippen LogP contribution in [-0.2, 0) is 10.1 Å². The van der Waals surface area contributed by atoms with E-state index in [9.17, 15) is 13.5 Å². The number of phenolic OH excluding ortho intramolecular Hbond substituents is 1. The average Bonchev–Trinajstić information content (AvgIpc) is 2.15. The SMILES string of the molecule is O=S(=O)(O)c1c(O)ccc2ccccc12.[H-].[Na+]. The number of phenols is 1. The number of aromatic hydroxyl groups is 1. The molecular weight excluding hydrogens is 239 g/mol. The second-order valence-corrected chi connectivity index (χ2v) is 4.47. The van der Waals surface area contributed by atoms with Crippen LogP contribution in [0.4, 0.5) is 0 Å². The zero-order chi connectivity index (χ0) is 11.1. The van der Waals surface area contributed by atoms with E-state index in [-0.39, 0.29) is 31.0 Å². The predicted molar refractivity (Wildman–Crippen MR) is 56.5 cm³/mol. The number of hydrogen-bond donors (Lipinski definition) is 2. The predicted octanol–water partition coefficient (Wildman–Crippen LogP) is -1.09. The van der Waals surface area contributed by atoms with Crippen molar-refractivity contribution in [1.82, 2.24) is 0 Å². The number of benzene rings is 2. The monoisotopic (exact) mass is 248 g/mol. The van der Waals surface area contributed by atoms with Gasteiger partial charge in [0.15, 0.2) is 0 Å². The van der Waals surface area contributed by atoms with Crippen molar-refractivity contribution in [1.29, 1.82) is 0 Å². The first-order valence-corrected chi connectivity index (χ1v) is 5.62. The van der Waals surface area contributed by atoms with Crippen molar-refractivity contribution in [2.75, 3.05) is 0 Å². The molecule has 0 atom stereocenters. The molecule has 0 aromatic heterocycles. The first kappa shape index (κ1) is 13.5. The van der Waals surface area contributed by atoms with Gasteiger partial charge in [-0.15, -0.1) is 0 Å². The van der Waals surface area contributed by atoms with Crippen LogP contribution in [0.3, 0.4) is 0 Å². The number of rotatable bonds is 1. The molecule has 0 bridgehead atoms. The molecule has 2 N–H and O–H groups in total. The van der Waals surface area contributed by atoms with Gasteiger partial charge in [0, 0.05) is 5.39 Å². The van der Waals surface area contributed by atoms with Crippen molar-refractivity contribution in [3.63, 3.8) is 0 Å². The zero-order valence-corrected chi connectivity index (χ0v) is 11.4. The minimum absolute atomic E-state index is 0. The third kappa shape index (κ3) is 2.39. The number of fused-ring (bicyclic) bond motifs is 1. The molecule has 0 fully saturated rings. The molecule has 0 amide bonds. The maximum atomic E-state index is 11.1. The molecule has 6 heteroatoms. The van der Waals surface area contributed by atoms with Gasteiger partial charge >= 0.3 is 29.6 Å². The van der Waals surface area contributed by atoms with Crippen molar-refractivity contribution in [3.8, 4) is 5.75 Å². The van der Waals surface area contributed by atoms with Crippen LogP contribution in [-0.4, -0.2) is 18.1 Å². The van der Waals surface area contributed by atoms with Gasteiger partial charge in [0.05, 0.1) is 0 Å². The number of hydrogen-bond acceptors (Lipinski definition) is 3. The van der Waals surface area contributed by atoms with Crippen molar-refractivity contribution in [3.05, 3.63) is 36.4 Å². The van der Waals surface area contributed by atoms with E-state index in [1.165, 1.54) is 12.1 Å². The molecule has 0 unspecified atom stereocenters. The van der Waals surface area contributed by atoms with Gasteiger partial charge < -0.3 is 6.53 Å². The van der Waals surface area contributed by atoms with Gasteiger partial charge in [0.25, 0.3) is 10.1 Å². The molecule has 2 aromatic rings. The Hall–Kier alpha value is -0.590. The van der Waals surface area contributed by atoms with Gasteiger partial charge in [-0.2, -0.15) is 8.42 Å². The molecule has 2 rings (SSSR count). The van der Waals surface area contributed by atoms with Crippen LogP contribution in [0, 0.1) is 0 Å². The summed E-state index contributed by atoms with van der Waals surface area (Å²) in [6.45, 7) is 0. The summed E-state index contributed by atoms with van der Waals surface area (Å²) in [5.41, 5.74) is 0. The maximum absolute atomic E-state index is 11.1. The first-order chi connectivity index (χ1) is 7.00. The van der Waals surface area contributed by atoms with Gasteiger partial charge in [0.1, 0.15) is 10.6 Å². The van der Waals surface area contributed by atoms with Crippen LogP contribution in [0.1, 0.15) is 1.43 Å². The van der Waals surface area contributed by atoms with E-state index in [4.69, 9.17) is 4.55 Å². The Labute approximate surface area is 116 Å². The van der Waals surface area contributed by atoms with Crippen LogP contribution in [0.2, 0.25) is 0 Å². The van der Waals surface area contributed by atoms with Crippen LogP contribution in [0.15, 0.2) is 41.3 Å². The summed E-state index contributed by atoms with van der Waals surface area (Å²) >= 11 is 0. The van der Waals surface area contributed by atoms with Gasteiger partial charge in [-0.05, 0) is 11.5 Å². The Morgan fingerprint density at radius 1 is 1.06 bits per heavy atom. The van der Waals surface area contributed by atoms with E-state index in [0.717, 1.165) is 0 Å². The fraction of sp³-hybridized carbons (Fsp3) is 0. The van der Waals surface area contributed by atoms with Crippen LogP contribution in [0.5, 0.6) is 5.75 Å². The molecule has 2 aromatic carbocycles. The largest absolute Gasteiger partial charge is 1.00 e. The Bertz CT molecular complexity index is 627. The van der Waals surface area contributed by atoms with Crippen molar-refractivity contribution in [2.45, 2.75) is 4.90 Å². The summed E-state index contributed by atoms with van der Waals surface area (Å²) in [7, 11) is -4.41. The van der Waals surface area contributed by atoms with E-state index in [2.05, 4.69) is 0 Å². The van der Waals surface area contributed by atoms with Crippen molar-refractivity contribution >= 4 is 20.9 Å². The Kier molecular flexibility index (Phi) is 3.98. The average molecular weight is 248 g/mol. The summed E-state index contributed by atoms with van der Waals surface area (Å²) < 4.78 is 31.1. The summed E-state index contributed by atoms with van der Waals surface area (Å²) in [6.07, 6.45) is 0. The van der Waals surface area contributed by atoms with E-state index in [1.54, 1.807) is 24.3 Å². The molecule has 0 aliphatic rings. The smallest absolute Gasteiger partial charge is 1.00 e. The molecule has 0 saturated carbocycles. The molecule has 0 aliphatic carbocycles. The molecule has 0 saturated heterocycles. The maximum Gasteiger partial charge on any atom is 1.00 e. The van der Waals surface area contributed by atoms with Gasteiger partial charge in [0.2, 0.25) is 0 Å². The molecule has 16 heavy (non-hydrogen) atoms. The molecular formula is C10H9NaO4S. The van der Waals surface area contributed by atoms with Gasteiger partial charge in [-0.25, -0.2) is 0 Å². The third-order valence-corrected chi connectivity index (χ3v) is 3.06. The van der Waals surface area contributed by atoms with Crippen LogP contribution in [0.25, 0.3) is 10.8 Å². The van der Waals surface area contributed by atoms with E-state index >= 15 is 0 Å². The van der Waals surface area contributed by atoms with Crippen LogP contribution >= 0.6 is 0 Å². The molecule has 0 heterocycles. The molecule has 0 aliphatic heterocycles. The van der Waals surface area contributed by atoms with E-state index in [1.807, 2.05) is 0 Å². The minimum Gasteiger partial charge on any atom is -1.00 e. The fourth-order valence-electron chi connectivity index (χ4n) is 1.50. The first-order valence-electron chi connectivity index (χ1n) is 4.18. The third-order valence-electron chi connectivity index (χ3n) is 2.12. The Morgan fingerprint density at radius 3 is 2.31 bits per heavy atom. The van der Waals surface area contributed by atoms with Gasteiger partial charge in [-0.3, -0.25) is 4.55 Å². The fourth-order valence-corrected chi connectivity index (χ4v) is 2.30. The second-order valence-electron chi connectivity index (χ2n) is 3.11. The molecule has 0 radical (unpaired) electrons. The summed E-state index contributed by atoms with van der Waals surface area (Å²) in [5, 5.41) is 10.4. The Balaban J connectivity index is 0.00000128. The molecule has 4 nitrogen and oxygen atoms in total. The topological polar surface area (TPSA) is 74.6 Å². The van der Waals surface area contributed by atoms with Gasteiger partial charge in [-0.1, -0.05) is 30.3 Å². The van der Waals surface area contributed by atoms with Crippen molar-refractivity contribution in [2.24, 2.45) is 0 Å². The Morgan fingerprint density at radius 2 is 1.69 bits per heavy atom.